The molecule has 0 bridgehead atoms. The lowest BCUT2D eigenvalue weighted by Gasteiger charge is -2.34. The van der Waals surface area contributed by atoms with Crippen LogP contribution in [0.2, 0.25) is 0 Å². The summed E-state index contributed by atoms with van der Waals surface area (Å²) in [5.74, 6) is -0.235. The molecule has 0 aliphatic carbocycles. The van der Waals surface area contributed by atoms with E-state index in [1.807, 2.05) is 31.7 Å². The summed E-state index contributed by atoms with van der Waals surface area (Å²) in [6.45, 7) is 6.92. The predicted molar refractivity (Wildman–Crippen MR) is 88.7 cm³/mol. The van der Waals surface area contributed by atoms with Crippen molar-refractivity contribution in [2.45, 2.75) is 45.3 Å². The fourth-order valence-electron chi connectivity index (χ4n) is 2.48. The van der Waals surface area contributed by atoms with Crippen LogP contribution in [0.25, 0.3) is 0 Å². The molecule has 1 aromatic rings. The molecule has 1 N–H and O–H groups in total. The number of hydrogen-bond acceptors (Lipinski definition) is 3. The van der Waals surface area contributed by atoms with Gasteiger partial charge in [-0.05, 0) is 61.7 Å². The fourth-order valence-corrected chi connectivity index (χ4v) is 2.83. The molecule has 4 nitrogen and oxygen atoms in total. The van der Waals surface area contributed by atoms with E-state index in [9.17, 15) is 9.18 Å². The van der Waals surface area contributed by atoms with Crippen LogP contribution in [0.15, 0.2) is 22.7 Å². The van der Waals surface area contributed by atoms with Crippen molar-refractivity contribution in [2.75, 3.05) is 18.0 Å². The van der Waals surface area contributed by atoms with Crippen molar-refractivity contribution in [1.82, 2.24) is 5.32 Å². The molecule has 22 heavy (non-hydrogen) atoms. The van der Waals surface area contributed by atoms with Gasteiger partial charge in [-0.3, -0.25) is 0 Å². The molecular formula is C16H22BrFN2O2. The van der Waals surface area contributed by atoms with Gasteiger partial charge in [0.05, 0.1) is 10.2 Å². The maximum Gasteiger partial charge on any atom is 0.407 e. The van der Waals surface area contributed by atoms with Crippen LogP contribution >= 0.6 is 15.9 Å². The normalized spacial score (nSPS) is 16.5. The number of ether oxygens (including phenoxy) is 1. The largest absolute Gasteiger partial charge is 0.444 e. The Labute approximate surface area is 139 Å². The molecule has 1 aromatic carbocycles. The maximum atomic E-state index is 14.1. The summed E-state index contributed by atoms with van der Waals surface area (Å²) in [7, 11) is 0. The van der Waals surface area contributed by atoms with Crippen LogP contribution < -0.4 is 10.2 Å². The summed E-state index contributed by atoms with van der Waals surface area (Å²) in [4.78, 5) is 13.8. The van der Waals surface area contributed by atoms with E-state index in [0.29, 0.717) is 23.2 Å². The summed E-state index contributed by atoms with van der Waals surface area (Å²) in [5.41, 5.74) is 0.106. The predicted octanol–water partition coefficient (Wildman–Crippen LogP) is 4.08. The number of benzene rings is 1. The molecule has 0 spiro atoms. The molecule has 0 aromatic heterocycles. The molecule has 1 amide bonds. The molecular weight excluding hydrogens is 351 g/mol. The Morgan fingerprint density at radius 2 is 2.00 bits per heavy atom. The standard InChI is InChI=1S/C16H22BrFN2O2/c1-16(2,3)22-15(21)19-11-7-9-20(10-8-11)13-6-4-5-12(17)14(13)18/h4-6,11H,7-10H2,1-3H3,(H,19,21). The summed E-state index contributed by atoms with van der Waals surface area (Å²) < 4.78 is 19.8. The first kappa shape index (κ1) is 17.1. The van der Waals surface area contributed by atoms with Gasteiger partial charge in [-0.15, -0.1) is 0 Å². The van der Waals surface area contributed by atoms with Gasteiger partial charge in [0.2, 0.25) is 0 Å². The second kappa shape index (κ2) is 6.86. The van der Waals surface area contributed by atoms with Crippen LogP contribution in [0.3, 0.4) is 0 Å². The van der Waals surface area contributed by atoms with E-state index in [2.05, 4.69) is 21.2 Å². The summed E-state index contributed by atoms with van der Waals surface area (Å²) in [6, 6.07) is 5.37. The highest BCUT2D eigenvalue weighted by Crippen LogP contribution is 2.28. The quantitative estimate of drug-likeness (QED) is 0.850. The van der Waals surface area contributed by atoms with Crippen molar-refractivity contribution in [3.63, 3.8) is 0 Å². The number of carbonyl (C=O) groups is 1. The third kappa shape index (κ3) is 4.60. The highest BCUT2D eigenvalue weighted by Gasteiger charge is 2.25. The number of anilines is 1. The Kier molecular flexibility index (Phi) is 5.32. The number of halogens is 2. The number of nitrogens with one attached hydrogen (secondary N) is 1. The summed E-state index contributed by atoms with van der Waals surface area (Å²) in [6.07, 6.45) is 1.15. The van der Waals surface area contributed by atoms with E-state index in [0.717, 1.165) is 12.8 Å². The van der Waals surface area contributed by atoms with Crippen LogP contribution in [-0.2, 0) is 4.74 Å². The van der Waals surface area contributed by atoms with Gasteiger partial charge in [-0.1, -0.05) is 6.07 Å². The van der Waals surface area contributed by atoms with Crippen LogP contribution in [-0.4, -0.2) is 30.8 Å². The lowest BCUT2D eigenvalue weighted by molar-refractivity contribution is 0.0497. The lowest BCUT2D eigenvalue weighted by Crippen LogP contribution is -2.46. The molecule has 6 heteroatoms. The highest BCUT2D eigenvalue weighted by atomic mass is 79.9. The van der Waals surface area contributed by atoms with Crippen molar-refractivity contribution in [2.24, 2.45) is 0 Å². The van der Waals surface area contributed by atoms with Crippen molar-refractivity contribution >= 4 is 27.7 Å². The molecule has 0 saturated carbocycles. The van der Waals surface area contributed by atoms with E-state index in [1.54, 1.807) is 12.1 Å². The van der Waals surface area contributed by atoms with Crippen molar-refractivity contribution in [3.05, 3.63) is 28.5 Å². The molecule has 0 unspecified atom stereocenters. The molecule has 0 atom stereocenters. The van der Waals surface area contributed by atoms with E-state index in [4.69, 9.17) is 4.74 Å². The Hall–Kier alpha value is -1.30. The molecule has 1 aliphatic rings. The Bertz CT molecular complexity index is 537. The molecule has 1 heterocycles. The smallest absolute Gasteiger partial charge is 0.407 e. The van der Waals surface area contributed by atoms with Gasteiger partial charge in [0.25, 0.3) is 0 Å². The minimum absolute atomic E-state index is 0.0707. The van der Waals surface area contributed by atoms with Gasteiger partial charge in [-0.25, -0.2) is 9.18 Å². The molecule has 1 fully saturated rings. The molecule has 1 aliphatic heterocycles. The number of nitrogens with zero attached hydrogens (tertiary/aromatic N) is 1. The topological polar surface area (TPSA) is 41.6 Å². The van der Waals surface area contributed by atoms with Crippen LogP contribution in [0.1, 0.15) is 33.6 Å². The first-order valence-electron chi connectivity index (χ1n) is 7.45. The number of alkyl carbamates (subject to hydrolysis) is 1. The van der Waals surface area contributed by atoms with Gasteiger partial charge in [0.1, 0.15) is 5.60 Å². The third-order valence-electron chi connectivity index (χ3n) is 3.49. The zero-order valence-electron chi connectivity index (χ0n) is 13.2. The average molecular weight is 373 g/mol. The monoisotopic (exact) mass is 372 g/mol. The second-order valence-corrected chi connectivity index (χ2v) is 7.33. The van der Waals surface area contributed by atoms with E-state index >= 15 is 0 Å². The zero-order chi connectivity index (χ0) is 16.3. The van der Waals surface area contributed by atoms with Crippen LogP contribution in [0.5, 0.6) is 0 Å². The molecule has 2 rings (SSSR count). The van der Waals surface area contributed by atoms with E-state index in [1.165, 1.54) is 0 Å². The summed E-state index contributed by atoms with van der Waals surface area (Å²) >= 11 is 3.21. The van der Waals surface area contributed by atoms with Gasteiger partial charge in [-0.2, -0.15) is 0 Å². The first-order valence-corrected chi connectivity index (χ1v) is 8.24. The molecule has 0 radical (unpaired) electrons. The van der Waals surface area contributed by atoms with Gasteiger partial charge in [0.15, 0.2) is 5.82 Å². The lowest BCUT2D eigenvalue weighted by atomic mass is 10.0. The summed E-state index contributed by atoms with van der Waals surface area (Å²) in [5, 5.41) is 2.88. The van der Waals surface area contributed by atoms with Crippen molar-refractivity contribution in [1.29, 1.82) is 0 Å². The number of amides is 1. The Morgan fingerprint density at radius 1 is 1.36 bits per heavy atom. The van der Waals surface area contributed by atoms with Crippen LogP contribution in [0, 0.1) is 5.82 Å². The Morgan fingerprint density at radius 3 is 2.59 bits per heavy atom. The van der Waals surface area contributed by atoms with Crippen molar-refractivity contribution < 1.29 is 13.9 Å². The number of carbonyl (C=O) groups excluding carboxylic acids is 1. The number of hydrogen-bond donors (Lipinski definition) is 1. The first-order chi connectivity index (χ1) is 10.3. The van der Waals surface area contributed by atoms with Crippen LogP contribution in [0.4, 0.5) is 14.9 Å². The maximum absolute atomic E-state index is 14.1. The van der Waals surface area contributed by atoms with Gasteiger partial charge >= 0.3 is 6.09 Å². The van der Waals surface area contributed by atoms with E-state index in [-0.39, 0.29) is 18.0 Å². The van der Waals surface area contributed by atoms with Gasteiger partial charge in [0, 0.05) is 19.1 Å². The number of piperidine rings is 1. The molecule has 1 saturated heterocycles. The fraction of sp³-hybridized carbons (Fsp3) is 0.562. The van der Waals surface area contributed by atoms with E-state index < -0.39 is 5.60 Å². The highest BCUT2D eigenvalue weighted by molar-refractivity contribution is 9.10. The minimum Gasteiger partial charge on any atom is -0.444 e. The van der Waals surface area contributed by atoms with Crippen molar-refractivity contribution in [3.8, 4) is 0 Å². The van der Waals surface area contributed by atoms with Gasteiger partial charge < -0.3 is 15.0 Å². The average Bonchev–Trinajstić information content (AvgIpc) is 2.41. The third-order valence-corrected chi connectivity index (χ3v) is 4.10. The number of rotatable bonds is 2. The second-order valence-electron chi connectivity index (χ2n) is 6.48. The zero-order valence-corrected chi connectivity index (χ0v) is 14.7. The SMILES string of the molecule is CC(C)(C)OC(=O)NC1CCN(c2cccc(Br)c2F)CC1. The molecule has 122 valence electrons. The Balaban J connectivity index is 1.88. The minimum atomic E-state index is -0.496.